The molecule has 1 N–H and O–H groups in total. The van der Waals surface area contributed by atoms with Crippen molar-refractivity contribution in [2.45, 2.75) is 30.6 Å². The van der Waals surface area contributed by atoms with Crippen LogP contribution < -0.4 is 10.1 Å². The van der Waals surface area contributed by atoms with Gasteiger partial charge in [0.2, 0.25) is 10.0 Å². The summed E-state index contributed by atoms with van der Waals surface area (Å²) in [5.74, 6) is 0.509. The first-order valence-corrected chi connectivity index (χ1v) is 12.0. The molecule has 3 heterocycles. The summed E-state index contributed by atoms with van der Waals surface area (Å²) in [4.78, 5) is 16.6. The van der Waals surface area contributed by atoms with E-state index in [4.69, 9.17) is 4.74 Å². The number of nitrogens with zero attached hydrogens (tertiary/aromatic N) is 2. The number of carbonyl (C=O) groups is 1. The van der Waals surface area contributed by atoms with Gasteiger partial charge in [0.15, 0.2) is 6.61 Å². The normalized spacial score (nSPS) is 24.2. The number of hydrogen-bond donors (Lipinski definition) is 1. The van der Waals surface area contributed by atoms with Gasteiger partial charge in [-0.25, -0.2) is 8.42 Å². The van der Waals surface area contributed by atoms with E-state index < -0.39 is 10.0 Å². The van der Waals surface area contributed by atoms with E-state index in [9.17, 15) is 13.2 Å². The highest BCUT2D eigenvalue weighted by molar-refractivity contribution is 7.89. The highest BCUT2D eigenvalue weighted by atomic mass is 32.2. The maximum Gasteiger partial charge on any atom is 0.257 e. The lowest BCUT2D eigenvalue weighted by atomic mass is 9.77. The zero-order valence-electron chi connectivity index (χ0n) is 17.4. The Balaban J connectivity index is 1.57. The van der Waals surface area contributed by atoms with Gasteiger partial charge in [-0.2, -0.15) is 4.31 Å². The number of carbonyl (C=O) groups excluding carboxylic acids is 1. The molecule has 1 atom stereocenters. The van der Waals surface area contributed by atoms with Crippen LogP contribution in [-0.4, -0.2) is 49.9 Å². The Hall–Kier alpha value is -2.71. The van der Waals surface area contributed by atoms with E-state index in [1.807, 2.05) is 24.3 Å². The van der Waals surface area contributed by atoms with Crippen LogP contribution in [-0.2, 0) is 21.2 Å². The van der Waals surface area contributed by atoms with E-state index in [-0.39, 0.29) is 22.8 Å². The second-order valence-corrected chi connectivity index (χ2v) is 10.1. The van der Waals surface area contributed by atoms with Crippen molar-refractivity contribution in [1.82, 2.24) is 14.6 Å². The van der Waals surface area contributed by atoms with Crippen molar-refractivity contribution in [3.8, 4) is 5.75 Å². The number of pyridine rings is 1. The van der Waals surface area contributed by atoms with E-state index >= 15 is 0 Å². The summed E-state index contributed by atoms with van der Waals surface area (Å²) in [6.45, 7) is 1.16. The minimum atomic E-state index is -3.63. The average molecular weight is 442 g/mol. The van der Waals surface area contributed by atoms with Gasteiger partial charge in [-0.1, -0.05) is 30.4 Å². The second kappa shape index (κ2) is 9.20. The molecule has 8 heteroatoms. The Morgan fingerprint density at radius 2 is 2.00 bits per heavy atom. The SMILES string of the molecule is O=C1COc2ccccc2C/C=C/C[C@@]2(CCCN(S(=O)(=O)c3cccnc3)C2)CN1. The smallest absolute Gasteiger partial charge is 0.257 e. The van der Waals surface area contributed by atoms with Crippen molar-refractivity contribution >= 4 is 15.9 Å². The Bertz CT molecular complexity index is 1060. The van der Waals surface area contributed by atoms with E-state index in [0.29, 0.717) is 38.2 Å². The lowest BCUT2D eigenvalue weighted by molar-refractivity contribution is -0.123. The molecule has 2 aliphatic heterocycles. The lowest BCUT2D eigenvalue weighted by Gasteiger charge is -2.42. The van der Waals surface area contributed by atoms with Crippen molar-refractivity contribution < 1.29 is 17.9 Å². The summed E-state index contributed by atoms with van der Waals surface area (Å²) in [6, 6.07) is 10.9. The Morgan fingerprint density at radius 1 is 1.13 bits per heavy atom. The number of ether oxygens (including phenoxy) is 1. The summed E-state index contributed by atoms with van der Waals surface area (Å²) in [7, 11) is -3.63. The molecular formula is C23H27N3O4S. The van der Waals surface area contributed by atoms with Crippen LogP contribution in [0.2, 0.25) is 0 Å². The number of piperidine rings is 1. The summed E-state index contributed by atoms with van der Waals surface area (Å²) < 4.78 is 33.6. The van der Waals surface area contributed by atoms with Crippen molar-refractivity contribution in [1.29, 1.82) is 0 Å². The molecule has 1 saturated heterocycles. The molecule has 0 bridgehead atoms. The molecule has 2 aromatic rings. The Morgan fingerprint density at radius 3 is 2.84 bits per heavy atom. The predicted octanol–water partition coefficient (Wildman–Crippen LogP) is 2.55. The molecule has 0 unspecified atom stereocenters. The molecule has 2 aliphatic rings. The van der Waals surface area contributed by atoms with Crippen LogP contribution in [0.1, 0.15) is 24.8 Å². The Kier molecular flexibility index (Phi) is 6.38. The van der Waals surface area contributed by atoms with Gasteiger partial charge in [-0.15, -0.1) is 0 Å². The Labute approximate surface area is 183 Å². The maximum absolute atomic E-state index is 13.2. The third-order valence-corrected chi connectivity index (χ3v) is 7.77. The number of sulfonamides is 1. The van der Waals surface area contributed by atoms with Crippen molar-refractivity contribution in [2.24, 2.45) is 5.41 Å². The fourth-order valence-electron chi connectivity index (χ4n) is 4.24. The zero-order chi connectivity index (χ0) is 21.7. The lowest BCUT2D eigenvalue weighted by Crippen LogP contribution is -2.51. The summed E-state index contributed by atoms with van der Waals surface area (Å²) >= 11 is 0. The number of aromatic nitrogens is 1. The number of allylic oxidation sites excluding steroid dienone is 2. The third-order valence-electron chi connectivity index (χ3n) is 5.95. The molecule has 1 amide bonds. The minimum absolute atomic E-state index is 0.0610. The van der Waals surface area contributed by atoms with Gasteiger partial charge in [-0.3, -0.25) is 9.78 Å². The molecule has 0 aliphatic carbocycles. The summed E-state index contributed by atoms with van der Waals surface area (Å²) in [6.07, 6.45) is 10.1. The van der Waals surface area contributed by atoms with E-state index in [1.165, 1.54) is 10.5 Å². The van der Waals surface area contributed by atoms with Gasteiger partial charge in [0.25, 0.3) is 5.91 Å². The molecule has 0 saturated carbocycles. The first-order valence-electron chi connectivity index (χ1n) is 10.5. The molecule has 31 heavy (non-hydrogen) atoms. The summed E-state index contributed by atoms with van der Waals surface area (Å²) in [5, 5.41) is 2.97. The van der Waals surface area contributed by atoms with Crippen LogP contribution in [0.25, 0.3) is 0 Å². The molecule has 1 aromatic heterocycles. The predicted molar refractivity (Wildman–Crippen MR) is 117 cm³/mol. The van der Waals surface area contributed by atoms with E-state index in [1.54, 1.807) is 18.3 Å². The maximum atomic E-state index is 13.2. The number of para-hydroxylation sites is 1. The van der Waals surface area contributed by atoms with Gasteiger partial charge in [-0.05, 0) is 49.4 Å². The summed E-state index contributed by atoms with van der Waals surface area (Å²) in [5.41, 5.74) is 0.656. The fraction of sp³-hybridized carbons (Fsp3) is 0.391. The van der Waals surface area contributed by atoms with Crippen LogP contribution in [0.4, 0.5) is 0 Å². The van der Waals surface area contributed by atoms with Crippen LogP contribution in [0, 0.1) is 5.41 Å². The molecule has 0 radical (unpaired) electrons. The quantitative estimate of drug-likeness (QED) is 0.724. The highest BCUT2D eigenvalue weighted by Crippen LogP contribution is 2.36. The molecule has 1 fully saturated rings. The molecule has 7 nitrogen and oxygen atoms in total. The van der Waals surface area contributed by atoms with Crippen LogP contribution in [0.5, 0.6) is 5.75 Å². The van der Waals surface area contributed by atoms with Gasteiger partial charge in [0.05, 0.1) is 0 Å². The van der Waals surface area contributed by atoms with E-state index in [2.05, 4.69) is 22.5 Å². The minimum Gasteiger partial charge on any atom is -0.483 e. The number of rotatable bonds is 2. The monoisotopic (exact) mass is 441 g/mol. The number of nitrogens with one attached hydrogen (secondary N) is 1. The number of benzene rings is 1. The topological polar surface area (TPSA) is 88.6 Å². The van der Waals surface area contributed by atoms with Gasteiger partial charge < -0.3 is 10.1 Å². The molecule has 164 valence electrons. The second-order valence-electron chi connectivity index (χ2n) is 8.18. The molecular weight excluding hydrogens is 414 g/mol. The van der Waals surface area contributed by atoms with Crippen molar-refractivity contribution in [3.63, 3.8) is 0 Å². The van der Waals surface area contributed by atoms with Gasteiger partial charge in [0, 0.05) is 37.4 Å². The largest absolute Gasteiger partial charge is 0.483 e. The van der Waals surface area contributed by atoms with Gasteiger partial charge >= 0.3 is 0 Å². The standard InChI is InChI=1S/C23H27N3O4S/c27-22-16-30-21-10-2-1-7-19(21)8-3-4-11-23(17-25-22)12-6-14-26(18-23)31(28,29)20-9-5-13-24-15-20/h1-5,7,9-10,13,15H,6,8,11-12,14,16-18H2,(H,25,27)/b4-3+/t23-/m1/s1. The van der Waals surface area contributed by atoms with E-state index in [0.717, 1.165) is 18.4 Å². The van der Waals surface area contributed by atoms with Crippen LogP contribution >= 0.6 is 0 Å². The highest BCUT2D eigenvalue weighted by Gasteiger charge is 2.39. The first-order chi connectivity index (χ1) is 15.0. The number of fused-ring (bicyclic) bond motifs is 1. The fourth-order valence-corrected chi connectivity index (χ4v) is 5.79. The first kappa shape index (κ1) is 21.5. The van der Waals surface area contributed by atoms with Crippen molar-refractivity contribution in [3.05, 3.63) is 66.5 Å². The zero-order valence-corrected chi connectivity index (χ0v) is 18.2. The third kappa shape index (κ3) is 4.97. The molecule has 1 aromatic carbocycles. The molecule has 4 rings (SSSR count). The number of amides is 1. The molecule has 1 spiro atoms. The van der Waals surface area contributed by atoms with Crippen LogP contribution in [0.15, 0.2) is 65.8 Å². The van der Waals surface area contributed by atoms with Crippen LogP contribution in [0.3, 0.4) is 0 Å². The number of hydrogen-bond acceptors (Lipinski definition) is 5. The van der Waals surface area contributed by atoms with Gasteiger partial charge in [0.1, 0.15) is 10.6 Å². The average Bonchev–Trinajstić information content (AvgIpc) is 2.80. The van der Waals surface area contributed by atoms with Crippen molar-refractivity contribution in [2.75, 3.05) is 26.2 Å².